The van der Waals surface area contributed by atoms with Gasteiger partial charge in [-0.1, -0.05) is 24.3 Å². The molecule has 186 valence electrons. The highest BCUT2D eigenvalue weighted by Gasteiger charge is 2.14. The summed E-state index contributed by atoms with van der Waals surface area (Å²) in [6.07, 6.45) is 2.75. The number of phenolic OH excluding ortho intramolecular Hbond substituents is 4. The largest absolute Gasteiger partial charge is 0.504 e. The van der Waals surface area contributed by atoms with Crippen LogP contribution in [0, 0.1) is 0 Å². The lowest BCUT2D eigenvalue weighted by molar-refractivity contribution is 0.403. The van der Waals surface area contributed by atoms with Crippen LogP contribution in [0.2, 0.25) is 0 Å². The average Bonchev–Trinajstić information content (AvgIpc) is 2.89. The van der Waals surface area contributed by atoms with Gasteiger partial charge in [-0.2, -0.15) is 0 Å². The van der Waals surface area contributed by atoms with Crippen LogP contribution in [0.3, 0.4) is 0 Å². The van der Waals surface area contributed by atoms with Gasteiger partial charge >= 0.3 is 0 Å². The van der Waals surface area contributed by atoms with Gasteiger partial charge in [0.25, 0.3) is 0 Å². The van der Waals surface area contributed by atoms with E-state index >= 15 is 0 Å². The summed E-state index contributed by atoms with van der Waals surface area (Å²) in [6.45, 7) is 0. The molecule has 0 amide bonds. The average molecular weight is 487 g/mol. The van der Waals surface area contributed by atoms with E-state index in [-0.39, 0.29) is 23.0 Å². The molecular weight excluding hydrogens is 456 g/mol. The van der Waals surface area contributed by atoms with Crippen molar-refractivity contribution >= 4 is 0 Å². The molecule has 36 heavy (non-hydrogen) atoms. The monoisotopic (exact) mass is 486 g/mol. The lowest BCUT2D eigenvalue weighted by Crippen LogP contribution is -2.00. The van der Waals surface area contributed by atoms with E-state index in [4.69, 9.17) is 9.47 Å². The predicted octanol–water partition coefficient (Wildman–Crippen LogP) is 5.76. The van der Waals surface area contributed by atoms with Crippen LogP contribution in [0.15, 0.2) is 72.8 Å². The van der Waals surface area contributed by atoms with E-state index in [2.05, 4.69) is 12.1 Å². The molecule has 0 heterocycles. The normalized spacial score (nSPS) is 10.8. The molecule has 0 aliphatic heterocycles. The minimum absolute atomic E-state index is 0.129. The summed E-state index contributed by atoms with van der Waals surface area (Å²) in [6, 6.07) is 21.8. The van der Waals surface area contributed by atoms with Crippen molar-refractivity contribution in [1.82, 2.24) is 0 Å². The van der Waals surface area contributed by atoms with E-state index in [1.807, 2.05) is 24.3 Å². The second-order valence-electron chi connectivity index (χ2n) is 8.69. The van der Waals surface area contributed by atoms with Gasteiger partial charge in [0.05, 0.1) is 14.2 Å². The Morgan fingerprint density at radius 2 is 0.889 bits per heavy atom. The van der Waals surface area contributed by atoms with Gasteiger partial charge in [0.2, 0.25) is 0 Å². The van der Waals surface area contributed by atoms with Crippen molar-refractivity contribution in [2.24, 2.45) is 0 Å². The maximum Gasteiger partial charge on any atom is 0.157 e. The molecule has 0 saturated heterocycles. The van der Waals surface area contributed by atoms with Crippen molar-refractivity contribution in [3.05, 3.63) is 95.1 Å². The summed E-state index contributed by atoms with van der Waals surface area (Å²) in [5.74, 6) is 0.997. The quantitative estimate of drug-likeness (QED) is 0.224. The van der Waals surface area contributed by atoms with Gasteiger partial charge in [0, 0.05) is 0 Å². The summed E-state index contributed by atoms with van der Waals surface area (Å²) in [5, 5.41) is 39.0. The maximum absolute atomic E-state index is 9.87. The molecule has 0 aliphatic rings. The summed E-state index contributed by atoms with van der Waals surface area (Å²) in [4.78, 5) is 0. The summed E-state index contributed by atoms with van der Waals surface area (Å²) in [7, 11) is 3.28. The maximum atomic E-state index is 9.87. The van der Waals surface area contributed by atoms with E-state index in [1.54, 1.807) is 38.5 Å². The van der Waals surface area contributed by atoms with E-state index in [9.17, 15) is 20.4 Å². The first-order valence-corrected chi connectivity index (χ1v) is 11.7. The van der Waals surface area contributed by atoms with Crippen molar-refractivity contribution in [3.63, 3.8) is 0 Å². The zero-order valence-corrected chi connectivity index (χ0v) is 20.4. The topological polar surface area (TPSA) is 99.4 Å². The number of phenols is 4. The zero-order valence-electron chi connectivity index (χ0n) is 20.4. The molecule has 0 radical (unpaired) electrons. The van der Waals surface area contributed by atoms with Crippen molar-refractivity contribution in [2.75, 3.05) is 14.2 Å². The van der Waals surface area contributed by atoms with Gasteiger partial charge in [-0.25, -0.2) is 0 Å². The van der Waals surface area contributed by atoms with Crippen LogP contribution in [0.1, 0.15) is 22.3 Å². The molecule has 0 bridgehead atoms. The van der Waals surface area contributed by atoms with Gasteiger partial charge in [0.15, 0.2) is 23.0 Å². The molecule has 6 heteroatoms. The minimum atomic E-state index is -0.134. The zero-order chi connectivity index (χ0) is 25.7. The molecule has 0 aliphatic carbocycles. The first-order valence-electron chi connectivity index (χ1n) is 11.7. The summed E-state index contributed by atoms with van der Waals surface area (Å²) < 4.78 is 11.0. The third kappa shape index (κ3) is 5.66. The van der Waals surface area contributed by atoms with Crippen molar-refractivity contribution in [3.8, 4) is 45.6 Å². The fourth-order valence-corrected chi connectivity index (χ4v) is 4.34. The van der Waals surface area contributed by atoms with E-state index in [1.165, 1.54) is 12.1 Å². The molecule has 0 atom stereocenters. The molecule has 4 aromatic carbocycles. The number of hydrogen-bond acceptors (Lipinski definition) is 6. The number of hydrogen-bond donors (Lipinski definition) is 4. The second-order valence-corrected chi connectivity index (χ2v) is 8.69. The molecule has 0 spiro atoms. The number of methoxy groups -OCH3 is 2. The first kappa shape index (κ1) is 24.8. The Kier molecular flexibility index (Phi) is 7.54. The summed E-state index contributed by atoms with van der Waals surface area (Å²) >= 11 is 0. The Bertz CT molecular complexity index is 1260. The van der Waals surface area contributed by atoms with Crippen LogP contribution in [-0.2, 0) is 25.7 Å². The third-order valence-electron chi connectivity index (χ3n) is 6.36. The van der Waals surface area contributed by atoms with Crippen LogP contribution in [0.4, 0.5) is 0 Å². The fraction of sp³-hybridized carbons (Fsp3) is 0.200. The Morgan fingerprint density at radius 3 is 1.25 bits per heavy atom. The molecule has 4 aromatic rings. The van der Waals surface area contributed by atoms with Crippen LogP contribution in [0.5, 0.6) is 34.5 Å². The second kappa shape index (κ2) is 11.0. The minimum Gasteiger partial charge on any atom is -0.504 e. The molecule has 0 aromatic heterocycles. The van der Waals surface area contributed by atoms with Gasteiger partial charge in [-0.05, 0) is 108 Å². The molecular formula is C30H30O6. The highest BCUT2D eigenvalue weighted by atomic mass is 16.5. The number of ether oxygens (including phenoxy) is 2. The van der Waals surface area contributed by atoms with E-state index < -0.39 is 0 Å². The number of rotatable bonds is 9. The fourth-order valence-electron chi connectivity index (χ4n) is 4.34. The lowest BCUT2D eigenvalue weighted by Gasteiger charge is -2.17. The molecule has 4 N–H and O–H groups in total. The van der Waals surface area contributed by atoms with E-state index in [0.29, 0.717) is 25.7 Å². The molecule has 6 nitrogen and oxygen atoms in total. The van der Waals surface area contributed by atoms with Crippen molar-refractivity contribution < 1.29 is 29.9 Å². The Morgan fingerprint density at radius 1 is 0.472 bits per heavy atom. The molecule has 0 saturated carbocycles. The summed E-state index contributed by atoms with van der Waals surface area (Å²) in [5.41, 5.74) is 6.17. The number of aromatic hydroxyl groups is 4. The number of benzene rings is 4. The molecule has 4 rings (SSSR count). The molecule has 0 fully saturated rings. The van der Waals surface area contributed by atoms with Crippen molar-refractivity contribution in [1.29, 1.82) is 0 Å². The highest BCUT2D eigenvalue weighted by molar-refractivity contribution is 5.73. The standard InChI is InChI=1S/C30H30O6/c1-35-23-9-11-25(21(17-23)7-3-19-5-13-27(31)29(33)15-19)26-12-10-24(36-2)18-22(26)8-4-20-6-14-28(32)30(34)16-20/h5-6,9-18,31-34H,3-4,7-8H2,1-2H3. The first-order chi connectivity index (χ1) is 17.4. The molecule has 0 unspecified atom stereocenters. The number of aryl methyl sites for hydroxylation is 4. The van der Waals surface area contributed by atoms with Crippen molar-refractivity contribution in [2.45, 2.75) is 25.7 Å². The SMILES string of the molecule is COc1ccc(-c2ccc(OC)cc2CCc2ccc(O)c(O)c2)c(CCc2ccc(O)c(O)c2)c1. The Labute approximate surface area is 210 Å². The Balaban J connectivity index is 1.67. The Hall–Kier alpha value is -4.32. The smallest absolute Gasteiger partial charge is 0.157 e. The van der Waals surface area contributed by atoms with Gasteiger partial charge < -0.3 is 29.9 Å². The lowest BCUT2D eigenvalue weighted by atomic mass is 9.90. The third-order valence-corrected chi connectivity index (χ3v) is 6.36. The van der Waals surface area contributed by atoms with Gasteiger partial charge in [0.1, 0.15) is 11.5 Å². The van der Waals surface area contributed by atoms with Crippen LogP contribution in [0.25, 0.3) is 11.1 Å². The van der Waals surface area contributed by atoms with Crippen LogP contribution < -0.4 is 9.47 Å². The van der Waals surface area contributed by atoms with Gasteiger partial charge in [-0.3, -0.25) is 0 Å². The van der Waals surface area contributed by atoms with E-state index in [0.717, 1.165) is 44.9 Å². The van der Waals surface area contributed by atoms with Crippen LogP contribution in [-0.4, -0.2) is 34.6 Å². The van der Waals surface area contributed by atoms with Crippen LogP contribution >= 0.6 is 0 Å². The predicted molar refractivity (Wildman–Crippen MR) is 139 cm³/mol. The highest BCUT2D eigenvalue weighted by Crippen LogP contribution is 2.35. The van der Waals surface area contributed by atoms with Gasteiger partial charge in [-0.15, -0.1) is 0 Å².